The molecule has 0 radical (unpaired) electrons. The summed E-state index contributed by atoms with van der Waals surface area (Å²) in [5.74, 6) is 0.103. The Labute approximate surface area is 99.9 Å². The minimum atomic E-state index is -0.172. The van der Waals surface area contributed by atoms with Crippen molar-refractivity contribution in [2.75, 3.05) is 0 Å². The van der Waals surface area contributed by atoms with E-state index in [1.165, 1.54) is 17.0 Å². The van der Waals surface area contributed by atoms with Crippen molar-refractivity contribution >= 4 is 5.91 Å². The molecule has 5 heteroatoms. The number of nitrogens with one attached hydrogen (secondary N) is 1. The molecule has 1 fully saturated rings. The Morgan fingerprint density at radius 2 is 2.29 bits per heavy atom. The number of aromatic nitrogens is 2. The molecule has 1 aliphatic rings. The van der Waals surface area contributed by atoms with E-state index >= 15 is 0 Å². The van der Waals surface area contributed by atoms with Crippen LogP contribution in [0.25, 0.3) is 0 Å². The molecular weight excluding hydrogens is 218 g/mol. The molecule has 1 aromatic rings. The first-order valence-corrected chi connectivity index (χ1v) is 5.92. The van der Waals surface area contributed by atoms with Gasteiger partial charge in [-0.15, -0.1) is 0 Å². The van der Waals surface area contributed by atoms with Crippen molar-refractivity contribution in [3.05, 3.63) is 28.4 Å². The molecule has 1 amide bonds. The Bertz CT molecular complexity index is 475. The van der Waals surface area contributed by atoms with E-state index in [2.05, 4.69) is 10.3 Å². The molecule has 1 aromatic heterocycles. The molecule has 1 saturated carbocycles. The highest BCUT2D eigenvalue weighted by molar-refractivity contribution is 5.76. The Kier molecular flexibility index (Phi) is 3.26. The first-order chi connectivity index (χ1) is 8.06. The van der Waals surface area contributed by atoms with Crippen molar-refractivity contribution in [2.24, 2.45) is 0 Å². The second-order valence-electron chi connectivity index (χ2n) is 4.78. The summed E-state index contributed by atoms with van der Waals surface area (Å²) in [4.78, 5) is 27.4. The van der Waals surface area contributed by atoms with E-state index in [1.807, 2.05) is 13.8 Å². The van der Waals surface area contributed by atoms with E-state index < -0.39 is 0 Å². The largest absolute Gasteiger partial charge is 0.352 e. The molecule has 92 valence electrons. The van der Waals surface area contributed by atoms with Gasteiger partial charge >= 0.3 is 0 Å². The van der Waals surface area contributed by atoms with E-state index in [0.29, 0.717) is 6.04 Å². The third-order valence-electron chi connectivity index (χ3n) is 2.75. The molecule has 0 atom stereocenters. The normalized spacial score (nSPS) is 15.0. The van der Waals surface area contributed by atoms with Crippen LogP contribution in [0, 0.1) is 0 Å². The van der Waals surface area contributed by atoms with Gasteiger partial charge in [-0.2, -0.15) is 0 Å². The van der Waals surface area contributed by atoms with E-state index in [0.717, 1.165) is 18.5 Å². The highest BCUT2D eigenvalue weighted by atomic mass is 16.2. The lowest BCUT2D eigenvalue weighted by Crippen LogP contribution is -2.33. The molecule has 0 saturated heterocycles. The van der Waals surface area contributed by atoms with Gasteiger partial charge in [0.15, 0.2) is 0 Å². The highest BCUT2D eigenvalue weighted by Gasteiger charge is 2.23. The number of carbonyl (C=O) groups is 1. The van der Waals surface area contributed by atoms with Crippen molar-refractivity contribution in [3.8, 4) is 0 Å². The zero-order chi connectivity index (χ0) is 12.4. The number of hydrogen-bond acceptors (Lipinski definition) is 3. The Hall–Kier alpha value is -1.65. The van der Waals surface area contributed by atoms with Crippen LogP contribution in [0.2, 0.25) is 0 Å². The van der Waals surface area contributed by atoms with Gasteiger partial charge in [0.25, 0.3) is 5.56 Å². The first-order valence-electron chi connectivity index (χ1n) is 5.92. The van der Waals surface area contributed by atoms with Crippen LogP contribution in [0.15, 0.2) is 17.2 Å². The zero-order valence-electron chi connectivity index (χ0n) is 10.1. The number of hydrogen-bond donors (Lipinski definition) is 1. The van der Waals surface area contributed by atoms with Gasteiger partial charge in [-0.25, -0.2) is 4.98 Å². The fourth-order valence-electron chi connectivity index (χ4n) is 1.53. The van der Waals surface area contributed by atoms with E-state index in [4.69, 9.17) is 0 Å². The van der Waals surface area contributed by atoms with Crippen molar-refractivity contribution < 1.29 is 4.79 Å². The van der Waals surface area contributed by atoms with Crippen molar-refractivity contribution in [1.82, 2.24) is 14.9 Å². The zero-order valence-corrected chi connectivity index (χ0v) is 10.1. The lowest BCUT2D eigenvalue weighted by atomic mass is 10.1. The molecule has 1 aliphatic carbocycles. The first kappa shape index (κ1) is 11.8. The van der Waals surface area contributed by atoms with Gasteiger partial charge in [-0.1, -0.05) is 13.8 Å². The minimum absolute atomic E-state index is 0.0563. The lowest BCUT2D eigenvalue weighted by Gasteiger charge is -2.08. The number of amides is 1. The molecular formula is C12H17N3O2. The van der Waals surface area contributed by atoms with E-state index in [9.17, 15) is 9.59 Å². The third kappa shape index (κ3) is 3.15. The van der Waals surface area contributed by atoms with E-state index in [1.54, 1.807) is 0 Å². The van der Waals surface area contributed by atoms with Gasteiger partial charge in [0.1, 0.15) is 6.54 Å². The number of rotatable bonds is 4. The van der Waals surface area contributed by atoms with Crippen molar-refractivity contribution in [3.63, 3.8) is 0 Å². The predicted octanol–water partition coefficient (Wildman–Crippen LogP) is 0.645. The number of nitrogens with zero attached hydrogens (tertiary/aromatic N) is 2. The van der Waals surface area contributed by atoms with Crippen molar-refractivity contribution in [1.29, 1.82) is 0 Å². The highest BCUT2D eigenvalue weighted by Crippen LogP contribution is 2.18. The predicted molar refractivity (Wildman–Crippen MR) is 63.8 cm³/mol. The number of carbonyl (C=O) groups excluding carboxylic acids is 1. The van der Waals surface area contributed by atoms with Crippen LogP contribution in [0.4, 0.5) is 0 Å². The van der Waals surface area contributed by atoms with Crippen LogP contribution in [0.1, 0.15) is 38.3 Å². The summed E-state index contributed by atoms with van der Waals surface area (Å²) < 4.78 is 1.34. The molecule has 0 unspecified atom stereocenters. The summed E-state index contributed by atoms with van der Waals surface area (Å²) >= 11 is 0. The SMILES string of the molecule is CC(C)c1cc(=O)n(CC(=O)NC2CC2)cn1. The maximum Gasteiger partial charge on any atom is 0.254 e. The smallest absolute Gasteiger partial charge is 0.254 e. The topological polar surface area (TPSA) is 64.0 Å². The molecule has 1 N–H and O–H groups in total. The summed E-state index contributed by atoms with van der Waals surface area (Å²) in [5.41, 5.74) is 0.587. The maximum atomic E-state index is 11.7. The van der Waals surface area contributed by atoms with Gasteiger partial charge in [-0.05, 0) is 18.8 Å². The quantitative estimate of drug-likeness (QED) is 0.833. The minimum Gasteiger partial charge on any atom is -0.352 e. The van der Waals surface area contributed by atoms with Crippen LogP contribution in [-0.2, 0) is 11.3 Å². The summed E-state index contributed by atoms with van der Waals surface area (Å²) in [6.07, 6.45) is 3.54. The molecule has 0 aliphatic heterocycles. The lowest BCUT2D eigenvalue weighted by molar-refractivity contribution is -0.121. The second-order valence-corrected chi connectivity index (χ2v) is 4.78. The van der Waals surface area contributed by atoms with Gasteiger partial charge in [0, 0.05) is 12.1 Å². The van der Waals surface area contributed by atoms with E-state index in [-0.39, 0.29) is 23.9 Å². The van der Waals surface area contributed by atoms with Crippen LogP contribution in [0.5, 0.6) is 0 Å². The molecule has 2 rings (SSSR count). The molecule has 0 aromatic carbocycles. The van der Waals surface area contributed by atoms with Gasteiger partial charge in [-0.3, -0.25) is 14.2 Å². The fraction of sp³-hybridized carbons (Fsp3) is 0.583. The molecule has 5 nitrogen and oxygen atoms in total. The summed E-state index contributed by atoms with van der Waals surface area (Å²) in [7, 11) is 0. The van der Waals surface area contributed by atoms with Crippen molar-refractivity contribution in [2.45, 2.75) is 45.2 Å². The monoisotopic (exact) mass is 235 g/mol. The fourth-order valence-corrected chi connectivity index (χ4v) is 1.53. The molecule has 0 bridgehead atoms. The van der Waals surface area contributed by atoms with Gasteiger partial charge in [0.2, 0.25) is 5.91 Å². The third-order valence-corrected chi connectivity index (χ3v) is 2.75. The molecule has 1 heterocycles. The average Bonchev–Trinajstić information content (AvgIpc) is 3.04. The van der Waals surface area contributed by atoms with Crippen LogP contribution < -0.4 is 10.9 Å². The molecule has 17 heavy (non-hydrogen) atoms. The molecule has 0 spiro atoms. The maximum absolute atomic E-state index is 11.7. The Morgan fingerprint density at radius 3 is 2.82 bits per heavy atom. The summed E-state index contributed by atoms with van der Waals surface area (Å²) in [5, 5.41) is 2.84. The van der Waals surface area contributed by atoms with Gasteiger partial charge < -0.3 is 5.32 Å². The second kappa shape index (κ2) is 4.69. The van der Waals surface area contributed by atoms with Crippen LogP contribution in [0.3, 0.4) is 0 Å². The van der Waals surface area contributed by atoms with Crippen LogP contribution in [-0.4, -0.2) is 21.5 Å². The van der Waals surface area contributed by atoms with Gasteiger partial charge in [0.05, 0.1) is 12.0 Å². The standard InChI is InChI=1S/C12H17N3O2/c1-8(2)10-5-12(17)15(7-13-10)6-11(16)14-9-3-4-9/h5,7-9H,3-4,6H2,1-2H3,(H,14,16). The Morgan fingerprint density at radius 1 is 1.59 bits per heavy atom. The Balaban J connectivity index is 2.05. The summed E-state index contributed by atoms with van der Waals surface area (Å²) in [6.45, 7) is 4.01. The average molecular weight is 235 g/mol. The summed E-state index contributed by atoms with van der Waals surface area (Å²) in [6, 6.07) is 1.82. The van der Waals surface area contributed by atoms with Crippen LogP contribution >= 0.6 is 0 Å².